The Morgan fingerprint density at radius 3 is 2.48 bits per heavy atom. The van der Waals surface area contributed by atoms with Gasteiger partial charge in [-0.3, -0.25) is 9.38 Å². The van der Waals surface area contributed by atoms with Gasteiger partial charge in [-0.25, -0.2) is 18.7 Å². The van der Waals surface area contributed by atoms with Crippen molar-refractivity contribution in [2.24, 2.45) is 0 Å². The SMILES string of the molecule is Fc1ccc(-c2cnc3nc(C(F)(F)F)ccn23)c(F)c1-c1cccnc1. The Kier molecular flexibility index (Phi) is 3.87. The number of halogens is 5. The first-order valence-corrected chi connectivity index (χ1v) is 7.66. The highest BCUT2D eigenvalue weighted by Gasteiger charge is 2.33. The molecule has 4 rings (SSSR count). The van der Waals surface area contributed by atoms with Gasteiger partial charge in [-0.2, -0.15) is 13.2 Å². The lowest BCUT2D eigenvalue weighted by molar-refractivity contribution is -0.141. The number of pyridine rings is 1. The zero-order valence-corrected chi connectivity index (χ0v) is 13.4. The number of alkyl halides is 3. The molecule has 136 valence electrons. The van der Waals surface area contributed by atoms with E-state index in [1.165, 1.54) is 41.2 Å². The summed E-state index contributed by atoms with van der Waals surface area (Å²) in [6.45, 7) is 0. The molecule has 0 spiro atoms. The highest BCUT2D eigenvalue weighted by atomic mass is 19.4. The van der Waals surface area contributed by atoms with Crippen molar-refractivity contribution in [1.29, 1.82) is 0 Å². The van der Waals surface area contributed by atoms with Crippen LogP contribution in [0.2, 0.25) is 0 Å². The van der Waals surface area contributed by atoms with Crippen LogP contribution in [0.25, 0.3) is 28.2 Å². The maximum atomic E-state index is 15.1. The highest BCUT2D eigenvalue weighted by molar-refractivity contribution is 5.73. The van der Waals surface area contributed by atoms with Gasteiger partial charge in [0, 0.05) is 29.7 Å². The molecule has 3 aromatic heterocycles. The minimum atomic E-state index is -4.62. The number of hydrogen-bond donors (Lipinski definition) is 0. The van der Waals surface area contributed by atoms with E-state index in [2.05, 4.69) is 15.0 Å². The lowest BCUT2D eigenvalue weighted by Gasteiger charge is -2.10. The molecule has 27 heavy (non-hydrogen) atoms. The lowest BCUT2D eigenvalue weighted by Crippen LogP contribution is -2.09. The van der Waals surface area contributed by atoms with Crippen molar-refractivity contribution >= 4 is 5.78 Å². The van der Waals surface area contributed by atoms with E-state index >= 15 is 4.39 Å². The Morgan fingerprint density at radius 1 is 0.963 bits per heavy atom. The predicted octanol–water partition coefficient (Wildman–Crippen LogP) is 4.76. The zero-order valence-electron chi connectivity index (χ0n) is 13.4. The van der Waals surface area contributed by atoms with Gasteiger partial charge < -0.3 is 0 Å². The van der Waals surface area contributed by atoms with Crippen LogP contribution in [0.3, 0.4) is 0 Å². The van der Waals surface area contributed by atoms with Gasteiger partial charge in [0.05, 0.1) is 17.5 Å². The van der Waals surface area contributed by atoms with Crippen molar-refractivity contribution in [3.8, 4) is 22.4 Å². The van der Waals surface area contributed by atoms with Gasteiger partial charge in [0.15, 0.2) is 0 Å². The number of hydrogen-bond acceptors (Lipinski definition) is 3. The van der Waals surface area contributed by atoms with Crippen LogP contribution in [0.1, 0.15) is 5.69 Å². The molecule has 0 radical (unpaired) electrons. The number of benzene rings is 1. The molecule has 0 unspecified atom stereocenters. The van der Waals surface area contributed by atoms with Crippen LogP contribution in [-0.2, 0) is 6.18 Å². The fraction of sp³-hybridized carbons (Fsp3) is 0.0556. The van der Waals surface area contributed by atoms with E-state index in [4.69, 9.17) is 0 Å². The number of aromatic nitrogens is 4. The minimum absolute atomic E-state index is 0.0238. The molecule has 0 fully saturated rings. The highest BCUT2D eigenvalue weighted by Crippen LogP contribution is 2.34. The topological polar surface area (TPSA) is 43.1 Å². The van der Waals surface area contributed by atoms with Gasteiger partial charge in [0.1, 0.15) is 17.3 Å². The van der Waals surface area contributed by atoms with E-state index in [1.807, 2.05) is 0 Å². The normalized spacial score (nSPS) is 11.9. The van der Waals surface area contributed by atoms with E-state index < -0.39 is 23.5 Å². The van der Waals surface area contributed by atoms with Crippen LogP contribution in [-0.4, -0.2) is 19.4 Å². The van der Waals surface area contributed by atoms with Crippen LogP contribution >= 0.6 is 0 Å². The van der Waals surface area contributed by atoms with Crippen molar-refractivity contribution in [3.63, 3.8) is 0 Å². The Labute approximate surface area is 149 Å². The predicted molar refractivity (Wildman–Crippen MR) is 86.6 cm³/mol. The van der Waals surface area contributed by atoms with E-state index in [-0.39, 0.29) is 28.2 Å². The summed E-state index contributed by atoms with van der Waals surface area (Å²) in [6, 6.07) is 6.09. The molecule has 0 atom stereocenters. The van der Waals surface area contributed by atoms with Gasteiger partial charge in [-0.15, -0.1) is 0 Å². The monoisotopic (exact) mass is 376 g/mol. The molecule has 0 aliphatic rings. The third-order valence-electron chi connectivity index (χ3n) is 3.99. The standard InChI is InChI=1S/C18H9F5N4/c19-12-4-3-11(16(20)15(12)10-2-1-6-24-8-10)13-9-25-17-26-14(18(21,22)23)5-7-27(13)17/h1-9H. The summed E-state index contributed by atoms with van der Waals surface area (Å²) in [5.41, 5.74) is -1.03. The summed E-state index contributed by atoms with van der Waals surface area (Å²) in [6.07, 6.45) is 0.447. The molecule has 0 bridgehead atoms. The van der Waals surface area contributed by atoms with Crippen molar-refractivity contribution in [3.05, 3.63) is 72.4 Å². The molecule has 3 heterocycles. The molecule has 4 nitrogen and oxygen atoms in total. The van der Waals surface area contributed by atoms with E-state index in [0.717, 1.165) is 18.3 Å². The first-order valence-electron chi connectivity index (χ1n) is 7.66. The molecule has 0 saturated carbocycles. The van der Waals surface area contributed by atoms with Crippen molar-refractivity contribution in [2.45, 2.75) is 6.18 Å². The van der Waals surface area contributed by atoms with Crippen LogP contribution in [0, 0.1) is 11.6 Å². The van der Waals surface area contributed by atoms with Crippen molar-refractivity contribution in [1.82, 2.24) is 19.4 Å². The molecule has 0 aliphatic heterocycles. The Hall–Kier alpha value is -3.36. The molecule has 1 aromatic carbocycles. The fourth-order valence-electron chi connectivity index (χ4n) is 2.75. The summed E-state index contributed by atoms with van der Waals surface area (Å²) < 4.78 is 68.9. The zero-order chi connectivity index (χ0) is 19.2. The van der Waals surface area contributed by atoms with Crippen LogP contribution in [0.15, 0.2) is 55.1 Å². The number of imidazole rings is 1. The maximum absolute atomic E-state index is 15.1. The largest absolute Gasteiger partial charge is 0.433 e. The molecule has 9 heteroatoms. The van der Waals surface area contributed by atoms with Gasteiger partial charge in [-0.1, -0.05) is 6.07 Å². The Bertz CT molecular complexity index is 1140. The summed E-state index contributed by atoms with van der Waals surface area (Å²) >= 11 is 0. The summed E-state index contributed by atoms with van der Waals surface area (Å²) in [7, 11) is 0. The molecular weight excluding hydrogens is 367 g/mol. The van der Waals surface area contributed by atoms with Crippen molar-refractivity contribution < 1.29 is 22.0 Å². The van der Waals surface area contributed by atoms with Gasteiger partial charge >= 0.3 is 6.18 Å². The lowest BCUT2D eigenvalue weighted by atomic mass is 10.0. The van der Waals surface area contributed by atoms with Gasteiger partial charge in [-0.05, 0) is 24.3 Å². The van der Waals surface area contributed by atoms with E-state index in [0.29, 0.717) is 0 Å². The van der Waals surface area contributed by atoms with Crippen molar-refractivity contribution in [2.75, 3.05) is 0 Å². The molecule has 0 aliphatic carbocycles. The first kappa shape index (κ1) is 17.1. The quantitative estimate of drug-likeness (QED) is 0.474. The molecule has 0 saturated heterocycles. The summed E-state index contributed by atoms with van der Waals surface area (Å²) in [5, 5.41) is 0. The van der Waals surface area contributed by atoms with Gasteiger partial charge in [0.25, 0.3) is 0 Å². The second-order valence-electron chi connectivity index (χ2n) is 5.65. The number of fused-ring (bicyclic) bond motifs is 1. The molecule has 0 N–H and O–H groups in total. The Morgan fingerprint density at radius 2 is 1.78 bits per heavy atom. The average Bonchev–Trinajstić information content (AvgIpc) is 3.05. The second-order valence-corrected chi connectivity index (χ2v) is 5.65. The Balaban J connectivity index is 1.90. The van der Waals surface area contributed by atoms with Crippen LogP contribution < -0.4 is 0 Å². The number of rotatable bonds is 2. The smallest absolute Gasteiger partial charge is 0.284 e. The summed E-state index contributed by atoms with van der Waals surface area (Å²) in [4.78, 5) is 11.1. The third kappa shape index (κ3) is 2.90. The minimum Gasteiger partial charge on any atom is -0.284 e. The maximum Gasteiger partial charge on any atom is 0.433 e. The van der Waals surface area contributed by atoms with Gasteiger partial charge in [0.2, 0.25) is 5.78 Å². The average molecular weight is 376 g/mol. The van der Waals surface area contributed by atoms with Crippen LogP contribution in [0.5, 0.6) is 0 Å². The first-order chi connectivity index (χ1) is 12.9. The van der Waals surface area contributed by atoms with Crippen LogP contribution in [0.4, 0.5) is 22.0 Å². The third-order valence-corrected chi connectivity index (χ3v) is 3.99. The molecule has 0 amide bonds. The second kappa shape index (κ2) is 6.11. The number of nitrogens with zero attached hydrogens (tertiary/aromatic N) is 4. The van der Waals surface area contributed by atoms with E-state index in [1.54, 1.807) is 0 Å². The molecular formula is C18H9F5N4. The fourth-order valence-corrected chi connectivity index (χ4v) is 2.75. The molecule has 4 aromatic rings. The summed E-state index contributed by atoms with van der Waals surface area (Å²) in [5.74, 6) is -1.90. The van der Waals surface area contributed by atoms with E-state index in [9.17, 15) is 17.6 Å².